The van der Waals surface area contributed by atoms with Gasteiger partial charge in [-0.15, -0.1) is 0 Å². The largest absolute Gasteiger partial charge is 0.497 e. The topological polar surface area (TPSA) is 87.9 Å². The number of thioether (sulfide) groups is 1. The van der Waals surface area contributed by atoms with Gasteiger partial charge in [-0.2, -0.15) is 11.8 Å². The van der Waals surface area contributed by atoms with Crippen LogP contribution in [0.25, 0.3) is 0 Å². The third kappa shape index (κ3) is 6.71. The van der Waals surface area contributed by atoms with Gasteiger partial charge in [-0.05, 0) is 42.7 Å². The normalized spacial score (nSPS) is 16.0. The Morgan fingerprint density at radius 2 is 1.89 bits per heavy atom. The van der Waals surface area contributed by atoms with Crippen molar-refractivity contribution < 1.29 is 14.3 Å². The lowest BCUT2D eigenvalue weighted by Gasteiger charge is -2.35. The summed E-state index contributed by atoms with van der Waals surface area (Å²) < 4.78 is 5.09. The number of methoxy groups -OCH3 is 1. The van der Waals surface area contributed by atoms with Gasteiger partial charge in [0.15, 0.2) is 0 Å². The molecule has 1 fully saturated rings. The van der Waals surface area contributed by atoms with Gasteiger partial charge in [0.25, 0.3) is 5.91 Å². The fourth-order valence-corrected chi connectivity index (χ4v) is 3.46. The van der Waals surface area contributed by atoms with E-state index in [0.29, 0.717) is 25.2 Å². The molecule has 8 heteroatoms. The van der Waals surface area contributed by atoms with E-state index in [1.807, 2.05) is 11.2 Å². The fraction of sp³-hybridized carbons (Fsp3) is 0.579. The van der Waals surface area contributed by atoms with Gasteiger partial charge in [-0.3, -0.25) is 14.5 Å². The van der Waals surface area contributed by atoms with Gasteiger partial charge >= 0.3 is 0 Å². The second-order valence-corrected chi connectivity index (χ2v) is 7.52. The monoisotopic (exact) mass is 394 g/mol. The quantitative estimate of drug-likeness (QED) is 0.639. The summed E-state index contributed by atoms with van der Waals surface area (Å²) in [6, 6.07) is 6.65. The minimum absolute atomic E-state index is 0.0523. The van der Waals surface area contributed by atoms with E-state index in [0.717, 1.165) is 37.6 Å². The summed E-state index contributed by atoms with van der Waals surface area (Å²) in [6.07, 6.45) is 2.74. The Balaban J connectivity index is 1.67. The lowest BCUT2D eigenvalue weighted by Crippen LogP contribution is -2.54. The van der Waals surface area contributed by atoms with Crippen LogP contribution in [0.1, 0.15) is 16.8 Å². The van der Waals surface area contributed by atoms with Crippen molar-refractivity contribution in [2.24, 2.45) is 5.73 Å². The van der Waals surface area contributed by atoms with Crippen LogP contribution in [0.3, 0.4) is 0 Å². The molecule has 0 spiro atoms. The molecule has 0 saturated carbocycles. The van der Waals surface area contributed by atoms with Crippen molar-refractivity contribution in [3.05, 3.63) is 29.8 Å². The van der Waals surface area contributed by atoms with E-state index in [-0.39, 0.29) is 11.8 Å². The maximum Gasteiger partial charge on any atom is 0.251 e. The van der Waals surface area contributed by atoms with Gasteiger partial charge in [-0.1, -0.05) is 0 Å². The molecule has 3 N–H and O–H groups in total. The number of benzene rings is 1. The van der Waals surface area contributed by atoms with E-state index in [1.54, 1.807) is 43.1 Å². The minimum Gasteiger partial charge on any atom is -0.497 e. The number of nitrogens with two attached hydrogens (primary N) is 1. The summed E-state index contributed by atoms with van der Waals surface area (Å²) in [5, 5.41) is 2.93. The van der Waals surface area contributed by atoms with Crippen molar-refractivity contribution in [2.75, 3.05) is 58.4 Å². The molecule has 1 aliphatic rings. The van der Waals surface area contributed by atoms with Crippen molar-refractivity contribution in [2.45, 2.75) is 12.5 Å². The summed E-state index contributed by atoms with van der Waals surface area (Å²) in [5.41, 5.74) is 6.60. The lowest BCUT2D eigenvalue weighted by molar-refractivity contribution is -0.134. The van der Waals surface area contributed by atoms with Crippen LogP contribution in [-0.4, -0.2) is 86.0 Å². The fourth-order valence-electron chi connectivity index (χ4n) is 2.97. The first-order chi connectivity index (χ1) is 13.0. The molecule has 1 aliphatic heterocycles. The van der Waals surface area contributed by atoms with Gasteiger partial charge in [0.05, 0.1) is 13.2 Å². The van der Waals surface area contributed by atoms with E-state index in [4.69, 9.17) is 10.5 Å². The molecule has 0 bridgehead atoms. The van der Waals surface area contributed by atoms with Crippen LogP contribution in [0.15, 0.2) is 24.3 Å². The molecule has 1 atom stereocenters. The molecular weight excluding hydrogens is 364 g/mol. The molecule has 1 heterocycles. The summed E-state index contributed by atoms with van der Waals surface area (Å²) in [7, 11) is 1.60. The van der Waals surface area contributed by atoms with Crippen LogP contribution in [-0.2, 0) is 4.79 Å². The second kappa shape index (κ2) is 11.2. The van der Waals surface area contributed by atoms with E-state index < -0.39 is 6.04 Å². The zero-order valence-corrected chi connectivity index (χ0v) is 17.0. The predicted octanol–water partition coefficient (Wildman–Crippen LogP) is 0.650. The maximum atomic E-state index is 12.3. The summed E-state index contributed by atoms with van der Waals surface area (Å²) in [4.78, 5) is 28.6. The molecule has 7 nitrogen and oxygen atoms in total. The highest BCUT2D eigenvalue weighted by molar-refractivity contribution is 7.98. The van der Waals surface area contributed by atoms with Crippen LogP contribution in [0, 0.1) is 0 Å². The van der Waals surface area contributed by atoms with Crippen LogP contribution >= 0.6 is 11.8 Å². The first-order valence-corrected chi connectivity index (χ1v) is 10.6. The Bertz CT molecular complexity index is 603. The van der Waals surface area contributed by atoms with E-state index >= 15 is 0 Å². The number of carbonyl (C=O) groups excluding carboxylic acids is 2. The molecule has 1 aromatic rings. The number of carbonyl (C=O) groups is 2. The molecule has 27 heavy (non-hydrogen) atoms. The Morgan fingerprint density at radius 1 is 1.22 bits per heavy atom. The third-order valence-corrected chi connectivity index (χ3v) is 5.34. The Labute approximate surface area is 165 Å². The molecule has 2 amide bonds. The molecule has 1 aromatic carbocycles. The van der Waals surface area contributed by atoms with Gasteiger partial charge in [0.1, 0.15) is 5.75 Å². The summed E-state index contributed by atoms with van der Waals surface area (Å²) >= 11 is 1.71. The predicted molar refractivity (Wildman–Crippen MR) is 109 cm³/mol. The van der Waals surface area contributed by atoms with Crippen LogP contribution in [0.2, 0.25) is 0 Å². The highest BCUT2D eigenvalue weighted by atomic mass is 32.2. The maximum absolute atomic E-state index is 12.3. The smallest absolute Gasteiger partial charge is 0.251 e. The highest BCUT2D eigenvalue weighted by Crippen LogP contribution is 2.11. The number of ether oxygens (including phenoxy) is 1. The van der Waals surface area contributed by atoms with Gasteiger partial charge in [-0.25, -0.2) is 0 Å². The number of amides is 2. The molecular formula is C19H30N4O3S. The lowest BCUT2D eigenvalue weighted by atomic mass is 10.2. The Morgan fingerprint density at radius 3 is 2.48 bits per heavy atom. The highest BCUT2D eigenvalue weighted by Gasteiger charge is 2.24. The van der Waals surface area contributed by atoms with E-state index in [1.165, 1.54) is 0 Å². The van der Waals surface area contributed by atoms with Gasteiger partial charge in [0.2, 0.25) is 5.91 Å². The zero-order valence-electron chi connectivity index (χ0n) is 16.1. The molecule has 0 unspecified atom stereocenters. The number of piperazine rings is 1. The molecule has 0 aliphatic carbocycles. The van der Waals surface area contributed by atoms with Crippen molar-refractivity contribution in [1.29, 1.82) is 0 Å². The van der Waals surface area contributed by atoms with Crippen LogP contribution < -0.4 is 15.8 Å². The van der Waals surface area contributed by atoms with E-state index in [9.17, 15) is 9.59 Å². The molecule has 0 aromatic heterocycles. The Kier molecular flexibility index (Phi) is 8.90. The van der Waals surface area contributed by atoms with Crippen LogP contribution in [0.5, 0.6) is 5.75 Å². The molecule has 150 valence electrons. The van der Waals surface area contributed by atoms with Gasteiger partial charge < -0.3 is 20.7 Å². The summed E-state index contributed by atoms with van der Waals surface area (Å²) in [6.45, 7) is 4.34. The molecule has 1 saturated heterocycles. The van der Waals surface area contributed by atoms with E-state index in [2.05, 4.69) is 10.2 Å². The number of rotatable bonds is 9. The standard InChI is InChI=1S/C19H30N4O3S/c1-26-16-5-3-15(4-6-16)18(24)21-8-9-22-10-12-23(13-11-22)19(25)17(20)7-14-27-2/h3-6,17H,7-14,20H2,1-2H3,(H,21,24)/t17-/m0/s1. The summed E-state index contributed by atoms with van der Waals surface area (Å²) in [5.74, 6) is 1.59. The number of nitrogens with one attached hydrogen (secondary N) is 1. The Hall–Kier alpha value is -1.77. The average molecular weight is 395 g/mol. The van der Waals surface area contributed by atoms with Gasteiger partial charge in [0, 0.05) is 44.8 Å². The van der Waals surface area contributed by atoms with Crippen molar-refractivity contribution in [3.8, 4) is 5.75 Å². The number of hydrogen-bond donors (Lipinski definition) is 2. The zero-order chi connectivity index (χ0) is 19.6. The number of hydrogen-bond acceptors (Lipinski definition) is 6. The van der Waals surface area contributed by atoms with Crippen molar-refractivity contribution in [3.63, 3.8) is 0 Å². The minimum atomic E-state index is -0.396. The van der Waals surface area contributed by atoms with Crippen molar-refractivity contribution >= 4 is 23.6 Å². The molecule has 2 rings (SSSR count). The average Bonchev–Trinajstić information content (AvgIpc) is 2.72. The second-order valence-electron chi connectivity index (χ2n) is 6.54. The number of nitrogens with zero attached hydrogens (tertiary/aromatic N) is 2. The van der Waals surface area contributed by atoms with Crippen LogP contribution in [0.4, 0.5) is 0 Å². The first kappa shape index (κ1) is 21.5. The third-order valence-electron chi connectivity index (χ3n) is 4.70. The first-order valence-electron chi connectivity index (χ1n) is 9.23. The molecule has 0 radical (unpaired) electrons. The SMILES string of the molecule is COc1ccc(C(=O)NCCN2CCN(C(=O)[C@@H](N)CCSC)CC2)cc1. The van der Waals surface area contributed by atoms with Crippen molar-refractivity contribution in [1.82, 2.24) is 15.1 Å².